The number of primary amides is 1. The molecule has 9 nitrogen and oxygen atoms in total. The number of nitro groups is 1. The molecule has 0 aliphatic carbocycles. The molecule has 1 amide bonds. The van der Waals surface area contributed by atoms with Crippen molar-refractivity contribution < 1.29 is 14.5 Å². The second kappa shape index (κ2) is 6.81. The first-order chi connectivity index (χ1) is 11.9. The molecule has 130 valence electrons. The highest BCUT2D eigenvalue weighted by Crippen LogP contribution is 2.24. The van der Waals surface area contributed by atoms with Gasteiger partial charge in [-0.25, -0.2) is 9.97 Å². The Bertz CT molecular complexity index is 826. The minimum absolute atomic E-state index is 0.0238. The number of hydrogen-bond donors (Lipinski definition) is 1. The number of nitro benzene ring substituents is 1. The summed E-state index contributed by atoms with van der Waals surface area (Å²) >= 11 is 0. The summed E-state index contributed by atoms with van der Waals surface area (Å²) in [5.74, 6) is 0.499. The zero-order valence-corrected chi connectivity index (χ0v) is 13.6. The molecule has 1 aliphatic heterocycles. The molecule has 2 heterocycles. The quantitative estimate of drug-likeness (QED) is 0.650. The Morgan fingerprint density at radius 2 is 2.20 bits per heavy atom. The van der Waals surface area contributed by atoms with Crippen LogP contribution in [0.25, 0.3) is 11.4 Å². The average molecular weight is 343 g/mol. The van der Waals surface area contributed by atoms with Crippen LogP contribution in [-0.4, -0.2) is 46.6 Å². The van der Waals surface area contributed by atoms with Crippen molar-refractivity contribution in [3.8, 4) is 11.4 Å². The molecule has 1 aromatic heterocycles. The smallest absolute Gasteiger partial charge is 0.270 e. The number of carbonyl (C=O) groups excluding carboxylic acids is 1. The van der Waals surface area contributed by atoms with Crippen LogP contribution in [0.5, 0.6) is 0 Å². The Hall–Kier alpha value is -3.07. The van der Waals surface area contributed by atoms with Gasteiger partial charge in [0.1, 0.15) is 5.82 Å². The Morgan fingerprint density at radius 3 is 2.92 bits per heavy atom. The third-order valence-electron chi connectivity index (χ3n) is 3.86. The number of anilines is 1. The number of morpholine rings is 1. The summed E-state index contributed by atoms with van der Waals surface area (Å²) in [5.41, 5.74) is 6.56. The fourth-order valence-electron chi connectivity index (χ4n) is 2.63. The standard InChI is InChI=1S/C16H17N5O4/c1-10-7-14(20-5-6-25-13(9-20)15(17)22)19-16(18-10)11-3-2-4-12(8-11)21(23)24/h2-4,7-8,13H,5-6,9H2,1H3,(H2,17,22). The zero-order chi connectivity index (χ0) is 18.0. The summed E-state index contributed by atoms with van der Waals surface area (Å²) in [5, 5.41) is 11.0. The van der Waals surface area contributed by atoms with Crippen molar-refractivity contribution in [2.45, 2.75) is 13.0 Å². The molecule has 1 atom stereocenters. The van der Waals surface area contributed by atoms with Crippen LogP contribution in [0.4, 0.5) is 11.5 Å². The molecule has 0 radical (unpaired) electrons. The number of aryl methyl sites for hydroxylation is 1. The molecule has 1 aromatic carbocycles. The number of ether oxygens (including phenoxy) is 1. The van der Waals surface area contributed by atoms with Gasteiger partial charge in [0.05, 0.1) is 18.1 Å². The van der Waals surface area contributed by atoms with E-state index in [9.17, 15) is 14.9 Å². The van der Waals surface area contributed by atoms with Gasteiger partial charge in [0.15, 0.2) is 11.9 Å². The maximum Gasteiger partial charge on any atom is 0.270 e. The highest BCUT2D eigenvalue weighted by molar-refractivity contribution is 5.79. The van der Waals surface area contributed by atoms with Gasteiger partial charge < -0.3 is 15.4 Å². The lowest BCUT2D eigenvalue weighted by Gasteiger charge is -2.32. The van der Waals surface area contributed by atoms with Crippen molar-refractivity contribution >= 4 is 17.4 Å². The van der Waals surface area contributed by atoms with Gasteiger partial charge in [-0.1, -0.05) is 12.1 Å². The Balaban J connectivity index is 1.94. The summed E-state index contributed by atoms with van der Waals surface area (Å²) in [4.78, 5) is 32.6. The van der Waals surface area contributed by atoms with Crippen LogP contribution in [0, 0.1) is 17.0 Å². The SMILES string of the molecule is Cc1cc(N2CCOC(C(N)=O)C2)nc(-c2cccc([N+](=O)[O-])c2)n1. The van der Waals surface area contributed by atoms with E-state index in [0.29, 0.717) is 42.6 Å². The van der Waals surface area contributed by atoms with Crippen molar-refractivity contribution in [1.82, 2.24) is 9.97 Å². The average Bonchev–Trinajstić information content (AvgIpc) is 2.61. The van der Waals surface area contributed by atoms with Gasteiger partial charge >= 0.3 is 0 Å². The van der Waals surface area contributed by atoms with E-state index >= 15 is 0 Å². The van der Waals surface area contributed by atoms with Crippen molar-refractivity contribution in [2.75, 3.05) is 24.6 Å². The molecule has 0 spiro atoms. The van der Waals surface area contributed by atoms with E-state index in [1.165, 1.54) is 12.1 Å². The summed E-state index contributed by atoms with van der Waals surface area (Å²) in [6, 6.07) is 7.96. The first kappa shape index (κ1) is 16.8. The van der Waals surface area contributed by atoms with E-state index < -0.39 is 16.9 Å². The molecule has 25 heavy (non-hydrogen) atoms. The van der Waals surface area contributed by atoms with Gasteiger partial charge in [-0.3, -0.25) is 14.9 Å². The number of aromatic nitrogens is 2. The number of benzene rings is 1. The normalized spacial score (nSPS) is 17.3. The number of rotatable bonds is 4. The van der Waals surface area contributed by atoms with E-state index in [1.807, 2.05) is 11.8 Å². The van der Waals surface area contributed by atoms with E-state index in [4.69, 9.17) is 10.5 Å². The second-order valence-electron chi connectivity index (χ2n) is 5.71. The van der Waals surface area contributed by atoms with Crippen LogP contribution < -0.4 is 10.6 Å². The topological polar surface area (TPSA) is 124 Å². The van der Waals surface area contributed by atoms with Crippen LogP contribution in [0.2, 0.25) is 0 Å². The largest absolute Gasteiger partial charge is 0.367 e. The van der Waals surface area contributed by atoms with E-state index in [1.54, 1.807) is 18.2 Å². The second-order valence-corrected chi connectivity index (χ2v) is 5.71. The van der Waals surface area contributed by atoms with E-state index in [-0.39, 0.29) is 5.69 Å². The minimum atomic E-state index is -0.690. The molecule has 2 N–H and O–H groups in total. The number of nitrogens with two attached hydrogens (primary N) is 1. The fourth-order valence-corrected chi connectivity index (χ4v) is 2.63. The van der Waals surface area contributed by atoms with Gasteiger partial charge in [-0.15, -0.1) is 0 Å². The van der Waals surface area contributed by atoms with Gasteiger partial charge in [0, 0.05) is 36.0 Å². The van der Waals surface area contributed by atoms with Crippen molar-refractivity contribution in [1.29, 1.82) is 0 Å². The summed E-state index contributed by atoms with van der Waals surface area (Å²) in [6.07, 6.45) is -0.690. The van der Waals surface area contributed by atoms with Crippen molar-refractivity contribution in [2.24, 2.45) is 5.73 Å². The number of amides is 1. The molecule has 0 saturated carbocycles. The Kier molecular flexibility index (Phi) is 4.57. The lowest BCUT2D eigenvalue weighted by Crippen LogP contribution is -2.48. The molecule has 3 rings (SSSR count). The molecule has 1 fully saturated rings. The predicted octanol–water partition coefficient (Wildman–Crippen LogP) is 1.05. The number of hydrogen-bond acceptors (Lipinski definition) is 7. The fraction of sp³-hybridized carbons (Fsp3) is 0.312. The molecular weight excluding hydrogens is 326 g/mol. The number of non-ortho nitro benzene ring substituents is 1. The van der Waals surface area contributed by atoms with Crippen LogP contribution in [-0.2, 0) is 9.53 Å². The Labute approximate surface area is 143 Å². The molecule has 9 heteroatoms. The molecule has 2 aromatic rings. The monoisotopic (exact) mass is 343 g/mol. The lowest BCUT2D eigenvalue weighted by atomic mass is 10.2. The van der Waals surface area contributed by atoms with Crippen LogP contribution in [0.3, 0.4) is 0 Å². The molecule has 1 saturated heterocycles. The maximum atomic E-state index is 11.4. The minimum Gasteiger partial charge on any atom is -0.367 e. The predicted molar refractivity (Wildman–Crippen MR) is 90.0 cm³/mol. The van der Waals surface area contributed by atoms with Crippen molar-refractivity contribution in [3.63, 3.8) is 0 Å². The molecule has 1 unspecified atom stereocenters. The van der Waals surface area contributed by atoms with Crippen LogP contribution in [0.15, 0.2) is 30.3 Å². The summed E-state index contributed by atoms with van der Waals surface area (Å²) < 4.78 is 5.34. The van der Waals surface area contributed by atoms with E-state index in [2.05, 4.69) is 9.97 Å². The van der Waals surface area contributed by atoms with Gasteiger partial charge in [0.2, 0.25) is 5.91 Å². The highest BCUT2D eigenvalue weighted by Gasteiger charge is 2.26. The summed E-state index contributed by atoms with van der Waals surface area (Å²) in [7, 11) is 0. The maximum absolute atomic E-state index is 11.4. The Morgan fingerprint density at radius 1 is 1.40 bits per heavy atom. The van der Waals surface area contributed by atoms with Crippen LogP contribution in [0.1, 0.15) is 5.69 Å². The van der Waals surface area contributed by atoms with Gasteiger partial charge in [-0.2, -0.15) is 0 Å². The number of nitrogens with zero attached hydrogens (tertiary/aromatic N) is 4. The van der Waals surface area contributed by atoms with Crippen LogP contribution >= 0.6 is 0 Å². The lowest BCUT2D eigenvalue weighted by molar-refractivity contribution is -0.384. The third kappa shape index (κ3) is 3.72. The molecule has 0 bridgehead atoms. The molecular formula is C16H17N5O4. The van der Waals surface area contributed by atoms with Crippen molar-refractivity contribution in [3.05, 3.63) is 46.1 Å². The first-order valence-electron chi connectivity index (χ1n) is 7.70. The van der Waals surface area contributed by atoms with Gasteiger partial charge in [-0.05, 0) is 6.92 Å². The highest BCUT2D eigenvalue weighted by atomic mass is 16.6. The zero-order valence-electron chi connectivity index (χ0n) is 13.6. The first-order valence-corrected chi connectivity index (χ1v) is 7.70. The summed E-state index contributed by atoms with van der Waals surface area (Å²) in [6.45, 7) is 3.05. The van der Waals surface area contributed by atoms with E-state index in [0.717, 1.165) is 0 Å². The van der Waals surface area contributed by atoms with Gasteiger partial charge in [0.25, 0.3) is 5.69 Å². The third-order valence-corrected chi connectivity index (χ3v) is 3.86. The number of carbonyl (C=O) groups is 1. The molecule has 1 aliphatic rings.